The molecule has 3 aromatic rings. The molecule has 0 spiro atoms. The van der Waals surface area contributed by atoms with Crippen molar-refractivity contribution in [2.45, 2.75) is 65.1 Å². The number of anilines is 1. The molecule has 3 N–H and O–H groups in total. The molecule has 0 aromatic heterocycles. The maximum absolute atomic E-state index is 14.0. The first-order chi connectivity index (χ1) is 18.9. The number of fused-ring (bicyclic) bond motifs is 1. The molecule has 3 amide bonds. The summed E-state index contributed by atoms with van der Waals surface area (Å²) in [6, 6.07) is 16.2. The van der Waals surface area contributed by atoms with Crippen LogP contribution in [0.1, 0.15) is 57.7 Å². The number of carbonyl (C=O) groups excluding carboxylic acids is 3. The molecule has 2 atom stereocenters. The summed E-state index contributed by atoms with van der Waals surface area (Å²) in [4.78, 5) is 41.9. The molecule has 3 rings (SSSR count). The SMILES string of the molecule is CCCCN(C(=O)C(CS)NC(=O)OC(C)(C)C)C(C(=O)Nc1ccc2ccccc2c1)c1ccc(O)c(C)c1. The summed E-state index contributed by atoms with van der Waals surface area (Å²) in [7, 11) is 0. The van der Waals surface area contributed by atoms with Crippen molar-refractivity contribution in [3.63, 3.8) is 0 Å². The third-order valence-corrected chi connectivity index (χ3v) is 6.69. The number of nitrogens with one attached hydrogen (secondary N) is 2. The number of alkyl carbamates (subject to hydrolysis) is 1. The van der Waals surface area contributed by atoms with Crippen LogP contribution in [0.2, 0.25) is 0 Å². The molecule has 0 heterocycles. The number of ether oxygens (including phenoxy) is 1. The van der Waals surface area contributed by atoms with Crippen LogP contribution in [0.4, 0.5) is 10.5 Å². The Kier molecular flexibility index (Phi) is 10.5. The Morgan fingerprint density at radius 1 is 1.02 bits per heavy atom. The fraction of sp³-hybridized carbons (Fsp3) is 0.387. The minimum Gasteiger partial charge on any atom is -0.508 e. The summed E-state index contributed by atoms with van der Waals surface area (Å²) in [5, 5.41) is 17.8. The van der Waals surface area contributed by atoms with Gasteiger partial charge in [-0.15, -0.1) is 0 Å². The average Bonchev–Trinajstić information content (AvgIpc) is 2.90. The number of hydrogen-bond acceptors (Lipinski definition) is 6. The molecule has 0 saturated heterocycles. The van der Waals surface area contributed by atoms with Gasteiger partial charge in [0.25, 0.3) is 5.91 Å². The summed E-state index contributed by atoms with van der Waals surface area (Å²) in [5.41, 5.74) is 0.946. The zero-order chi connectivity index (χ0) is 29.4. The molecule has 3 aromatic carbocycles. The first-order valence-electron chi connectivity index (χ1n) is 13.4. The van der Waals surface area contributed by atoms with Crippen LogP contribution in [-0.4, -0.2) is 51.9 Å². The molecule has 0 aliphatic rings. The van der Waals surface area contributed by atoms with Crippen molar-refractivity contribution < 1.29 is 24.2 Å². The van der Waals surface area contributed by atoms with Crippen molar-refractivity contribution in [1.82, 2.24) is 10.2 Å². The fourth-order valence-electron chi connectivity index (χ4n) is 4.33. The highest BCUT2D eigenvalue weighted by Gasteiger charge is 2.36. The Labute approximate surface area is 241 Å². The van der Waals surface area contributed by atoms with Crippen LogP contribution < -0.4 is 10.6 Å². The van der Waals surface area contributed by atoms with E-state index in [-0.39, 0.29) is 18.0 Å². The first-order valence-corrected chi connectivity index (χ1v) is 14.1. The Bertz CT molecular complexity index is 1350. The smallest absolute Gasteiger partial charge is 0.408 e. The number of carbonyl (C=O) groups is 3. The summed E-state index contributed by atoms with van der Waals surface area (Å²) in [6.07, 6.45) is 0.671. The second kappa shape index (κ2) is 13.6. The van der Waals surface area contributed by atoms with E-state index in [9.17, 15) is 19.5 Å². The molecule has 214 valence electrons. The van der Waals surface area contributed by atoms with Crippen LogP contribution in [0.5, 0.6) is 5.75 Å². The van der Waals surface area contributed by atoms with Gasteiger partial charge in [0.1, 0.15) is 23.4 Å². The van der Waals surface area contributed by atoms with Gasteiger partial charge in [0.05, 0.1) is 0 Å². The number of aryl methyl sites for hydroxylation is 1. The van der Waals surface area contributed by atoms with Gasteiger partial charge in [0, 0.05) is 18.0 Å². The predicted octanol–water partition coefficient (Wildman–Crippen LogP) is 5.99. The van der Waals surface area contributed by atoms with Gasteiger partial charge in [-0.3, -0.25) is 9.59 Å². The third kappa shape index (κ3) is 8.14. The molecule has 9 heteroatoms. The van der Waals surface area contributed by atoms with E-state index in [1.54, 1.807) is 39.8 Å². The molecule has 0 fully saturated rings. The van der Waals surface area contributed by atoms with Gasteiger partial charge in [0.2, 0.25) is 5.91 Å². The number of rotatable bonds is 10. The van der Waals surface area contributed by atoms with Crippen molar-refractivity contribution in [2.75, 3.05) is 17.6 Å². The molecule has 0 radical (unpaired) electrons. The van der Waals surface area contributed by atoms with Gasteiger partial charge in [-0.1, -0.05) is 49.7 Å². The molecule has 40 heavy (non-hydrogen) atoms. The van der Waals surface area contributed by atoms with Crippen LogP contribution in [0.25, 0.3) is 10.8 Å². The standard InChI is InChI=1S/C31H39N3O5S/c1-6-7-16-34(29(37)25(19-40)33-30(38)39-31(3,4)5)27(23-13-15-26(35)20(2)17-23)28(36)32-24-14-12-21-10-8-9-11-22(21)18-24/h8-15,17-18,25,27,35,40H,6-7,16,19H2,1-5H3,(H,32,36)(H,33,38). The zero-order valence-corrected chi connectivity index (χ0v) is 24.6. The van der Waals surface area contributed by atoms with E-state index in [1.807, 2.05) is 49.4 Å². The summed E-state index contributed by atoms with van der Waals surface area (Å²) in [6.45, 7) is 9.20. The lowest BCUT2D eigenvalue weighted by atomic mass is 9.99. The lowest BCUT2D eigenvalue weighted by Gasteiger charge is -2.34. The lowest BCUT2D eigenvalue weighted by molar-refractivity contribution is -0.140. The Hall–Kier alpha value is -3.72. The number of unbranched alkanes of at least 4 members (excludes halogenated alkanes) is 1. The van der Waals surface area contributed by atoms with E-state index >= 15 is 0 Å². The van der Waals surface area contributed by atoms with E-state index in [4.69, 9.17) is 4.74 Å². The van der Waals surface area contributed by atoms with Crippen molar-refractivity contribution in [1.29, 1.82) is 0 Å². The van der Waals surface area contributed by atoms with Gasteiger partial charge in [-0.2, -0.15) is 12.6 Å². The highest BCUT2D eigenvalue weighted by Crippen LogP contribution is 2.29. The van der Waals surface area contributed by atoms with Crippen LogP contribution in [0, 0.1) is 6.92 Å². The van der Waals surface area contributed by atoms with Gasteiger partial charge >= 0.3 is 6.09 Å². The largest absolute Gasteiger partial charge is 0.508 e. The van der Waals surface area contributed by atoms with E-state index in [1.165, 1.54) is 11.0 Å². The number of benzene rings is 3. The Balaban J connectivity index is 2.01. The summed E-state index contributed by atoms with van der Waals surface area (Å²) < 4.78 is 5.35. The average molecular weight is 566 g/mol. The number of phenols is 1. The molecule has 0 aliphatic carbocycles. The molecule has 2 unspecified atom stereocenters. The molecular weight excluding hydrogens is 526 g/mol. The van der Waals surface area contributed by atoms with Gasteiger partial charge in [-0.25, -0.2) is 4.79 Å². The molecule has 0 aliphatic heterocycles. The van der Waals surface area contributed by atoms with E-state index in [0.717, 1.165) is 17.2 Å². The zero-order valence-electron chi connectivity index (χ0n) is 23.7. The Morgan fingerprint density at radius 3 is 2.35 bits per heavy atom. The highest BCUT2D eigenvalue weighted by atomic mass is 32.1. The molecule has 0 saturated carbocycles. The quantitative estimate of drug-likeness (QED) is 0.226. The van der Waals surface area contributed by atoms with E-state index in [0.29, 0.717) is 23.2 Å². The predicted molar refractivity (Wildman–Crippen MR) is 162 cm³/mol. The van der Waals surface area contributed by atoms with Gasteiger partial charge < -0.3 is 25.4 Å². The van der Waals surface area contributed by atoms with Gasteiger partial charge in [-0.05, 0) is 80.3 Å². The van der Waals surface area contributed by atoms with Crippen LogP contribution in [0.3, 0.4) is 0 Å². The maximum atomic E-state index is 14.0. The van der Waals surface area contributed by atoms with Gasteiger partial charge in [0.15, 0.2) is 0 Å². The molecular formula is C31H39N3O5S. The summed E-state index contributed by atoms with van der Waals surface area (Å²) in [5.74, 6) is -0.781. The second-order valence-corrected chi connectivity index (χ2v) is 11.1. The Morgan fingerprint density at radius 2 is 1.73 bits per heavy atom. The van der Waals surface area contributed by atoms with Crippen molar-refractivity contribution in [3.05, 3.63) is 71.8 Å². The lowest BCUT2D eigenvalue weighted by Crippen LogP contribution is -2.53. The fourth-order valence-corrected chi connectivity index (χ4v) is 4.58. The van der Waals surface area contributed by atoms with Crippen molar-refractivity contribution in [3.8, 4) is 5.75 Å². The third-order valence-electron chi connectivity index (χ3n) is 6.32. The minimum absolute atomic E-state index is 0.00825. The normalized spacial score (nSPS) is 12.8. The second-order valence-electron chi connectivity index (χ2n) is 10.8. The topological polar surface area (TPSA) is 108 Å². The van der Waals surface area contributed by atoms with Crippen LogP contribution >= 0.6 is 12.6 Å². The number of hydrogen-bond donors (Lipinski definition) is 4. The number of thiol groups is 1. The number of phenolic OH excluding ortho intramolecular Hbond substituents is 1. The number of aromatic hydroxyl groups is 1. The maximum Gasteiger partial charge on any atom is 0.408 e. The first kappa shape index (κ1) is 30.8. The van der Waals surface area contributed by atoms with Crippen molar-refractivity contribution >= 4 is 47.0 Å². The monoisotopic (exact) mass is 565 g/mol. The van der Waals surface area contributed by atoms with Crippen LogP contribution in [0.15, 0.2) is 60.7 Å². The van der Waals surface area contributed by atoms with E-state index < -0.39 is 35.6 Å². The molecule has 0 bridgehead atoms. The number of nitrogens with zero attached hydrogens (tertiary/aromatic N) is 1. The highest BCUT2D eigenvalue weighted by molar-refractivity contribution is 7.80. The number of amides is 3. The van der Waals surface area contributed by atoms with Crippen molar-refractivity contribution in [2.24, 2.45) is 0 Å². The minimum atomic E-state index is -1.03. The van der Waals surface area contributed by atoms with Crippen LogP contribution in [-0.2, 0) is 14.3 Å². The van der Waals surface area contributed by atoms with E-state index in [2.05, 4.69) is 23.3 Å². The summed E-state index contributed by atoms with van der Waals surface area (Å²) >= 11 is 4.33. The molecule has 8 nitrogen and oxygen atoms in total.